The molecule has 2 aromatic rings. The van der Waals surface area contributed by atoms with Gasteiger partial charge in [0.05, 0.1) is 0 Å². The van der Waals surface area contributed by atoms with Crippen molar-refractivity contribution in [3.63, 3.8) is 0 Å². The van der Waals surface area contributed by atoms with Crippen molar-refractivity contribution in [1.29, 1.82) is 0 Å². The average molecular weight is 373 g/mol. The Bertz CT molecular complexity index is 876. The Morgan fingerprint density at radius 3 is 2.85 bits per heavy atom. The summed E-state index contributed by atoms with van der Waals surface area (Å²) in [5.74, 6) is 0.210. The van der Waals surface area contributed by atoms with Crippen LogP contribution in [-0.4, -0.2) is 45.6 Å². The minimum absolute atomic E-state index is 0.132. The number of hydrogen-bond donors (Lipinski definition) is 1. The van der Waals surface area contributed by atoms with Crippen LogP contribution < -0.4 is 9.46 Å². The SMILES string of the molecule is O=C(c1ccncc1)N1CCCC2(COc3ccccc3[S+](=O)([O-])N2)C1. The molecule has 2 atom stereocenters. The van der Waals surface area contributed by atoms with Crippen molar-refractivity contribution in [1.82, 2.24) is 14.6 Å². The smallest absolute Gasteiger partial charge is 0.254 e. The second kappa shape index (κ2) is 6.46. The van der Waals surface area contributed by atoms with Crippen LogP contribution in [0.4, 0.5) is 0 Å². The molecule has 0 radical (unpaired) electrons. The van der Waals surface area contributed by atoms with Crippen molar-refractivity contribution < 1.29 is 18.3 Å². The normalized spacial score (nSPS) is 28.1. The van der Waals surface area contributed by atoms with Gasteiger partial charge in [-0.05, 0) is 37.1 Å². The number of likely N-dealkylation sites (tertiary alicyclic amines) is 1. The fraction of sp³-hybridized carbons (Fsp3) is 0.333. The Morgan fingerprint density at radius 2 is 2.04 bits per heavy atom. The molecule has 7 nitrogen and oxygen atoms in total. The van der Waals surface area contributed by atoms with Crippen LogP contribution in [-0.2, 0) is 14.6 Å². The molecule has 2 aliphatic heterocycles. The molecule has 0 saturated carbocycles. The van der Waals surface area contributed by atoms with Crippen molar-refractivity contribution in [3.05, 3.63) is 54.4 Å². The predicted molar refractivity (Wildman–Crippen MR) is 94.3 cm³/mol. The van der Waals surface area contributed by atoms with E-state index < -0.39 is 15.9 Å². The van der Waals surface area contributed by atoms with Gasteiger partial charge >= 0.3 is 0 Å². The van der Waals surface area contributed by atoms with Crippen LogP contribution in [0, 0.1) is 0 Å². The monoisotopic (exact) mass is 373 g/mol. The number of fused-ring (bicyclic) bond motifs is 1. The van der Waals surface area contributed by atoms with Crippen LogP contribution in [0.15, 0.2) is 53.7 Å². The molecule has 0 bridgehead atoms. The molecule has 1 amide bonds. The second-order valence-corrected chi connectivity index (χ2v) is 8.34. The van der Waals surface area contributed by atoms with Crippen LogP contribution in [0.25, 0.3) is 0 Å². The molecule has 2 unspecified atom stereocenters. The van der Waals surface area contributed by atoms with Crippen molar-refractivity contribution in [2.24, 2.45) is 0 Å². The molecule has 1 N–H and O–H groups in total. The number of rotatable bonds is 1. The van der Waals surface area contributed by atoms with E-state index in [2.05, 4.69) is 9.71 Å². The maximum absolute atomic E-state index is 12.8. The van der Waals surface area contributed by atoms with Gasteiger partial charge in [0.2, 0.25) is 4.90 Å². The van der Waals surface area contributed by atoms with Gasteiger partial charge in [0.1, 0.15) is 12.1 Å². The molecule has 2 aliphatic rings. The summed E-state index contributed by atoms with van der Waals surface area (Å²) in [6, 6.07) is 9.90. The molecule has 8 heteroatoms. The van der Waals surface area contributed by atoms with Crippen molar-refractivity contribution in [2.75, 3.05) is 19.7 Å². The van der Waals surface area contributed by atoms with Crippen LogP contribution in [0.2, 0.25) is 0 Å². The summed E-state index contributed by atoms with van der Waals surface area (Å²) >= 11 is 0. The molecule has 0 aliphatic carbocycles. The number of amides is 1. The number of hydrogen-bond acceptors (Lipinski definition) is 5. The van der Waals surface area contributed by atoms with E-state index in [0.717, 1.165) is 0 Å². The lowest BCUT2D eigenvalue weighted by Gasteiger charge is -2.41. The standard InChI is InChI=1S/C18H19N3O4S/c22-17(14-6-9-19-10-7-14)21-11-3-8-18(12-21)13-25-15-4-1-2-5-16(15)26(23,24)20-18/h1-2,4-7,9-10H,3,8,11-13H2,(H-,20,23,24). The molecule has 1 aromatic heterocycles. The van der Waals surface area contributed by atoms with E-state index in [1.54, 1.807) is 47.6 Å². The quantitative estimate of drug-likeness (QED) is 0.767. The highest BCUT2D eigenvalue weighted by atomic mass is 32.3. The number of carbonyl (C=O) groups is 1. The number of nitrogens with zero attached hydrogens (tertiary/aromatic N) is 2. The van der Waals surface area contributed by atoms with Crippen molar-refractivity contribution in [2.45, 2.75) is 23.3 Å². The number of ether oxygens (including phenoxy) is 1. The largest absolute Gasteiger partial charge is 0.593 e. The van der Waals surface area contributed by atoms with E-state index in [0.29, 0.717) is 30.7 Å². The van der Waals surface area contributed by atoms with E-state index in [9.17, 15) is 13.6 Å². The lowest BCUT2D eigenvalue weighted by atomic mass is 9.90. The highest BCUT2D eigenvalue weighted by molar-refractivity contribution is 7.96. The third-order valence-electron chi connectivity index (χ3n) is 4.78. The summed E-state index contributed by atoms with van der Waals surface area (Å²) in [4.78, 5) is 18.5. The summed E-state index contributed by atoms with van der Waals surface area (Å²) in [6.07, 6.45) is 4.45. The molecule has 3 heterocycles. The van der Waals surface area contributed by atoms with E-state index in [4.69, 9.17) is 4.74 Å². The minimum Gasteiger partial charge on any atom is -0.593 e. The van der Waals surface area contributed by atoms with E-state index in [1.165, 1.54) is 6.07 Å². The lowest BCUT2D eigenvalue weighted by Crippen LogP contribution is -2.62. The Kier molecular flexibility index (Phi) is 4.26. The summed E-state index contributed by atoms with van der Waals surface area (Å²) < 4.78 is 34.2. The summed E-state index contributed by atoms with van der Waals surface area (Å²) in [5, 5.41) is 0. The molecule has 136 valence electrons. The first-order valence-electron chi connectivity index (χ1n) is 8.44. The number of benzene rings is 1. The highest BCUT2D eigenvalue weighted by Gasteiger charge is 2.47. The van der Waals surface area contributed by atoms with Crippen molar-refractivity contribution in [3.8, 4) is 5.75 Å². The van der Waals surface area contributed by atoms with E-state index >= 15 is 0 Å². The number of aromatic nitrogens is 1. The molecular formula is C18H19N3O4S. The molecular weight excluding hydrogens is 354 g/mol. The molecule has 26 heavy (non-hydrogen) atoms. The fourth-order valence-corrected chi connectivity index (χ4v) is 5.12. The molecule has 1 spiro atoms. The second-order valence-electron chi connectivity index (χ2n) is 6.69. The van der Waals surface area contributed by atoms with Gasteiger partial charge in [-0.25, -0.2) is 0 Å². The third kappa shape index (κ3) is 3.11. The zero-order valence-corrected chi connectivity index (χ0v) is 14.9. The van der Waals surface area contributed by atoms with Gasteiger partial charge in [-0.1, -0.05) is 16.3 Å². The number of sulfonamides is 1. The Morgan fingerprint density at radius 1 is 1.27 bits per heavy atom. The summed E-state index contributed by atoms with van der Waals surface area (Å²) in [6.45, 7) is 1.03. The van der Waals surface area contributed by atoms with E-state index in [-0.39, 0.29) is 24.0 Å². The predicted octanol–water partition coefficient (Wildman–Crippen LogP) is 1.64. The maximum Gasteiger partial charge on any atom is 0.254 e. The zero-order chi connectivity index (χ0) is 18.2. The van der Waals surface area contributed by atoms with Gasteiger partial charge in [0, 0.05) is 31.0 Å². The Balaban J connectivity index is 1.61. The third-order valence-corrected chi connectivity index (χ3v) is 6.40. The van der Waals surface area contributed by atoms with Gasteiger partial charge in [-0.15, -0.1) is 4.72 Å². The Hall–Kier alpha value is -2.29. The summed E-state index contributed by atoms with van der Waals surface area (Å²) in [7, 11) is -3.72. The van der Waals surface area contributed by atoms with Gasteiger partial charge in [-0.3, -0.25) is 9.78 Å². The highest BCUT2D eigenvalue weighted by Crippen LogP contribution is 2.35. The first-order chi connectivity index (χ1) is 12.5. The number of para-hydroxylation sites is 1. The summed E-state index contributed by atoms with van der Waals surface area (Å²) in [5.41, 5.74) is -0.295. The van der Waals surface area contributed by atoms with Crippen LogP contribution in [0.1, 0.15) is 23.2 Å². The van der Waals surface area contributed by atoms with Gasteiger partial charge in [0.25, 0.3) is 5.91 Å². The number of carbonyl (C=O) groups excluding carboxylic acids is 1. The van der Waals surface area contributed by atoms with Gasteiger partial charge in [0.15, 0.2) is 16.1 Å². The lowest BCUT2D eigenvalue weighted by molar-refractivity contribution is 0.0552. The maximum atomic E-state index is 12.8. The molecule has 1 aromatic carbocycles. The van der Waals surface area contributed by atoms with Crippen LogP contribution >= 0.6 is 0 Å². The van der Waals surface area contributed by atoms with Gasteiger partial charge in [-0.2, -0.15) is 0 Å². The first-order valence-corrected chi connectivity index (χ1v) is 9.93. The van der Waals surface area contributed by atoms with E-state index in [1.807, 2.05) is 0 Å². The first kappa shape index (κ1) is 17.1. The molecule has 1 saturated heterocycles. The minimum atomic E-state index is -3.72. The van der Waals surface area contributed by atoms with Crippen LogP contribution in [0.3, 0.4) is 0 Å². The number of piperidine rings is 1. The number of pyridine rings is 1. The van der Waals surface area contributed by atoms with Gasteiger partial charge < -0.3 is 14.2 Å². The molecule has 1 fully saturated rings. The fourth-order valence-electron chi connectivity index (χ4n) is 3.56. The average Bonchev–Trinajstić information content (AvgIpc) is 2.76. The zero-order valence-electron chi connectivity index (χ0n) is 14.1. The Labute approximate surface area is 152 Å². The molecule has 4 rings (SSSR count). The number of nitrogens with one attached hydrogen (secondary N) is 1. The van der Waals surface area contributed by atoms with Crippen molar-refractivity contribution >= 4 is 16.3 Å². The topological polar surface area (TPSA) is 94.6 Å². The van der Waals surface area contributed by atoms with Crippen LogP contribution in [0.5, 0.6) is 5.75 Å².